The van der Waals surface area contributed by atoms with Gasteiger partial charge in [-0.05, 0) is 43.9 Å². The Morgan fingerprint density at radius 2 is 2.04 bits per heavy atom. The average molecular weight is 349 g/mol. The Labute approximate surface area is 152 Å². The minimum atomic E-state index is 0.127. The van der Waals surface area contributed by atoms with E-state index >= 15 is 0 Å². The van der Waals surface area contributed by atoms with Crippen LogP contribution in [0.25, 0.3) is 22.2 Å². The summed E-state index contributed by atoms with van der Waals surface area (Å²) in [5.41, 5.74) is 9.42. The van der Waals surface area contributed by atoms with Gasteiger partial charge in [0.25, 0.3) is 0 Å². The van der Waals surface area contributed by atoms with E-state index in [1.807, 2.05) is 31.4 Å². The Bertz CT molecular complexity index is 940. The molecule has 26 heavy (non-hydrogen) atoms. The standard InChI is InChI=1S/C20H23N5O/c1-25-12-15(11-23-25)18-7-4-14-10-22-17(8-19(14)24-18)9-20(26)13-2-5-16(21)6-3-13/h4,7-8,10-13,16H,2-3,5-6,9,21H2,1H3. The highest BCUT2D eigenvalue weighted by atomic mass is 16.1. The number of aromatic nitrogens is 4. The number of pyridine rings is 2. The number of carbonyl (C=O) groups excluding carboxylic acids is 1. The maximum Gasteiger partial charge on any atom is 0.141 e. The summed E-state index contributed by atoms with van der Waals surface area (Å²) in [6.07, 6.45) is 9.59. The van der Waals surface area contributed by atoms with Gasteiger partial charge >= 0.3 is 0 Å². The van der Waals surface area contributed by atoms with E-state index in [0.717, 1.165) is 53.5 Å². The minimum absolute atomic E-state index is 0.127. The molecule has 1 aliphatic carbocycles. The van der Waals surface area contributed by atoms with Crippen LogP contribution in [0.1, 0.15) is 31.4 Å². The van der Waals surface area contributed by atoms with E-state index in [4.69, 9.17) is 10.7 Å². The van der Waals surface area contributed by atoms with Gasteiger partial charge in [0.2, 0.25) is 0 Å². The van der Waals surface area contributed by atoms with Crippen LogP contribution in [0.2, 0.25) is 0 Å². The molecule has 0 amide bonds. The molecule has 3 aromatic heterocycles. The molecule has 0 saturated heterocycles. The first-order valence-electron chi connectivity index (χ1n) is 9.11. The summed E-state index contributed by atoms with van der Waals surface area (Å²) in [6.45, 7) is 0. The molecule has 0 spiro atoms. The van der Waals surface area contributed by atoms with Crippen molar-refractivity contribution in [3.05, 3.63) is 42.5 Å². The quantitative estimate of drug-likeness (QED) is 0.782. The monoisotopic (exact) mass is 349 g/mol. The zero-order chi connectivity index (χ0) is 18.1. The van der Waals surface area contributed by atoms with E-state index < -0.39 is 0 Å². The number of nitrogens with zero attached hydrogens (tertiary/aromatic N) is 4. The third-order valence-corrected chi connectivity index (χ3v) is 5.21. The second kappa shape index (κ2) is 6.96. The normalized spacial score (nSPS) is 20.4. The van der Waals surface area contributed by atoms with Gasteiger partial charge in [-0.2, -0.15) is 5.10 Å². The van der Waals surface area contributed by atoms with Gasteiger partial charge in [-0.25, -0.2) is 4.98 Å². The van der Waals surface area contributed by atoms with Gasteiger partial charge in [-0.1, -0.05) is 0 Å². The first kappa shape index (κ1) is 16.8. The van der Waals surface area contributed by atoms with Crippen LogP contribution < -0.4 is 5.73 Å². The number of rotatable bonds is 4. The third-order valence-electron chi connectivity index (χ3n) is 5.21. The summed E-state index contributed by atoms with van der Waals surface area (Å²) in [6, 6.07) is 6.16. The van der Waals surface area contributed by atoms with E-state index in [0.29, 0.717) is 6.42 Å². The first-order valence-corrected chi connectivity index (χ1v) is 9.11. The summed E-state index contributed by atoms with van der Waals surface area (Å²) in [4.78, 5) is 21.8. The molecule has 134 valence electrons. The Balaban J connectivity index is 1.55. The molecule has 6 nitrogen and oxygen atoms in total. The van der Waals surface area contributed by atoms with Crippen LogP contribution in [-0.2, 0) is 18.3 Å². The van der Waals surface area contributed by atoms with Crippen LogP contribution in [0.5, 0.6) is 0 Å². The van der Waals surface area contributed by atoms with Crippen molar-refractivity contribution in [2.45, 2.75) is 38.1 Å². The Kier molecular flexibility index (Phi) is 4.51. The minimum Gasteiger partial charge on any atom is -0.328 e. The van der Waals surface area contributed by atoms with Crippen molar-refractivity contribution >= 4 is 16.7 Å². The predicted octanol–water partition coefficient (Wildman–Crippen LogP) is 2.66. The highest BCUT2D eigenvalue weighted by Gasteiger charge is 2.24. The molecule has 0 bridgehead atoms. The lowest BCUT2D eigenvalue weighted by Gasteiger charge is -2.24. The number of hydrogen-bond acceptors (Lipinski definition) is 5. The van der Waals surface area contributed by atoms with E-state index in [9.17, 15) is 4.79 Å². The van der Waals surface area contributed by atoms with Crippen molar-refractivity contribution in [1.29, 1.82) is 0 Å². The Hall–Kier alpha value is -2.60. The molecule has 1 fully saturated rings. The van der Waals surface area contributed by atoms with E-state index in [2.05, 4.69) is 10.1 Å². The van der Waals surface area contributed by atoms with Gasteiger partial charge < -0.3 is 5.73 Å². The van der Waals surface area contributed by atoms with Crippen LogP contribution in [0.3, 0.4) is 0 Å². The highest BCUT2D eigenvalue weighted by molar-refractivity contribution is 5.85. The summed E-state index contributed by atoms with van der Waals surface area (Å²) in [5, 5.41) is 5.17. The summed E-state index contributed by atoms with van der Waals surface area (Å²) < 4.78 is 1.76. The third kappa shape index (κ3) is 3.51. The van der Waals surface area contributed by atoms with Crippen LogP contribution >= 0.6 is 0 Å². The number of Topliss-reactive ketones (excluding diaryl/α,β-unsaturated/α-hetero) is 1. The molecule has 0 atom stereocenters. The van der Waals surface area contributed by atoms with Crippen molar-refractivity contribution in [2.75, 3.05) is 0 Å². The zero-order valence-corrected chi connectivity index (χ0v) is 14.9. The van der Waals surface area contributed by atoms with Crippen molar-refractivity contribution in [3.8, 4) is 11.3 Å². The number of fused-ring (bicyclic) bond motifs is 1. The molecular weight excluding hydrogens is 326 g/mol. The van der Waals surface area contributed by atoms with Crippen LogP contribution in [0.4, 0.5) is 0 Å². The molecule has 0 aromatic carbocycles. The van der Waals surface area contributed by atoms with Gasteiger partial charge in [0.1, 0.15) is 5.78 Å². The molecule has 1 aliphatic rings. The highest BCUT2D eigenvalue weighted by Crippen LogP contribution is 2.25. The molecule has 3 heterocycles. The summed E-state index contributed by atoms with van der Waals surface area (Å²) in [7, 11) is 1.89. The van der Waals surface area contributed by atoms with Gasteiger partial charge in [0, 0.05) is 54.5 Å². The fraction of sp³-hybridized carbons (Fsp3) is 0.400. The Morgan fingerprint density at radius 1 is 1.23 bits per heavy atom. The second-order valence-corrected chi connectivity index (χ2v) is 7.22. The topological polar surface area (TPSA) is 86.7 Å². The Morgan fingerprint density at radius 3 is 2.77 bits per heavy atom. The fourth-order valence-electron chi connectivity index (χ4n) is 3.63. The molecular formula is C20H23N5O. The lowest BCUT2D eigenvalue weighted by atomic mass is 9.82. The van der Waals surface area contributed by atoms with Crippen molar-refractivity contribution < 1.29 is 4.79 Å². The number of ketones is 1. The number of carbonyl (C=O) groups is 1. The summed E-state index contributed by atoms with van der Waals surface area (Å²) >= 11 is 0. The number of nitrogens with two attached hydrogens (primary N) is 1. The lowest BCUT2D eigenvalue weighted by molar-refractivity contribution is -0.123. The molecule has 6 heteroatoms. The van der Waals surface area contributed by atoms with Crippen molar-refractivity contribution in [3.63, 3.8) is 0 Å². The first-order chi connectivity index (χ1) is 12.6. The van der Waals surface area contributed by atoms with Crippen LogP contribution in [0.15, 0.2) is 36.8 Å². The molecule has 2 N–H and O–H groups in total. The smallest absolute Gasteiger partial charge is 0.141 e. The molecule has 1 saturated carbocycles. The van der Waals surface area contributed by atoms with E-state index in [-0.39, 0.29) is 17.7 Å². The van der Waals surface area contributed by atoms with Crippen LogP contribution in [-0.4, -0.2) is 31.6 Å². The molecule has 0 aliphatic heterocycles. The molecule has 0 unspecified atom stereocenters. The average Bonchev–Trinajstić information content (AvgIpc) is 3.08. The summed E-state index contributed by atoms with van der Waals surface area (Å²) in [5.74, 6) is 0.397. The van der Waals surface area contributed by atoms with Crippen molar-refractivity contribution in [1.82, 2.24) is 19.7 Å². The zero-order valence-electron chi connectivity index (χ0n) is 14.9. The predicted molar refractivity (Wildman–Crippen MR) is 100 cm³/mol. The van der Waals surface area contributed by atoms with E-state index in [1.165, 1.54) is 0 Å². The molecule has 0 radical (unpaired) electrons. The second-order valence-electron chi connectivity index (χ2n) is 7.22. The lowest BCUT2D eigenvalue weighted by Crippen LogP contribution is -2.30. The SMILES string of the molecule is Cn1cc(-c2ccc3cnc(CC(=O)C4CCC(N)CC4)cc3n2)cn1. The maximum absolute atomic E-state index is 12.6. The molecule has 4 rings (SSSR count). The largest absolute Gasteiger partial charge is 0.328 e. The maximum atomic E-state index is 12.6. The van der Waals surface area contributed by atoms with Crippen molar-refractivity contribution in [2.24, 2.45) is 18.7 Å². The van der Waals surface area contributed by atoms with Crippen LogP contribution in [0, 0.1) is 5.92 Å². The molecule has 3 aromatic rings. The number of hydrogen-bond donors (Lipinski definition) is 1. The van der Waals surface area contributed by atoms with Gasteiger partial charge in [-0.3, -0.25) is 14.5 Å². The van der Waals surface area contributed by atoms with Gasteiger partial charge in [0.15, 0.2) is 0 Å². The van der Waals surface area contributed by atoms with Gasteiger partial charge in [0.05, 0.1) is 17.4 Å². The number of aryl methyl sites for hydroxylation is 1. The van der Waals surface area contributed by atoms with E-state index in [1.54, 1.807) is 17.1 Å². The van der Waals surface area contributed by atoms with Gasteiger partial charge in [-0.15, -0.1) is 0 Å². The fourth-order valence-corrected chi connectivity index (χ4v) is 3.63.